The molecule has 1 aliphatic rings. The molecule has 0 spiro atoms. The van der Waals surface area contributed by atoms with Crippen LogP contribution in [0.3, 0.4) is 0 Å². The lowest BCUT2D eigenvalue weighted by molar-refractivity contribution is -0.150. The molecule has 1 aromatic carbocycles. The fourth-order valence-corrected chi connectivity index (χ4v) is 3.47. The quantitative estimate of drug-likeness (QED) is 0.606. The highest BCUT2D eigenvalue weighted by Gasteiger charge is 2.41. The largest absolute Gasteiger partial charge is 0.481 e. The van der Waals surface area contributed by atoms with E-state index in [1.807, 2.05) is 0 Å². The zero-order valence-electron chi connectivity index (χ0n) is 11.4. The van der Waals surface area contributed by atoms with Crippen LogP contribution in [0.5, 0.6) is 0 Å². The summed E-state index contributed by atoms with van der Waals surface area (Å²) >= 11 is 12.0. The van der Waals surface area contributed by atoms with Crippen molar-refractivity contribution in [3.63, 3.8) is 0 Å². The number of hydrogen-bond acceptors (Lipinski definition) is 5. The highest BCUT2D eigenvalue weighted by atomic mass is 35.5. The lowest BCUT2D eigenvalue weighted by Crippen LogP contribution is -2.45. The van der Waals surface area contributed by atoms with Gasteiger partial charge in [0, 0.05) is 5.02 Å². The number of carboxylic acids is 2. The van der Waals surface area contributed by atoms with Gasteiger partial charge in [0.1, 0.15) is 10.4 Å². The van der Waals surface area contributed by atoms with Gasteiger partial charge in [0.25, 0.3) is 5.91 Å². The molecule has 1 fully saturated rings. The van der Waals surface area contributed by atoms with Gasteiger partial charge < -0.3 is 10.2 Å². The van der Waals surface area contributed by atoms with Crippen LogP contribution < -0.4 is 0 Å². The van der Waals surface area contributed by atoms with Crippen molar-refractivity contribution in [1.82, 2.24) is 4.90 Å². The summed E-state index contributed by atoms with van der Waals surface area (Å²) in [6.07, 6.45) is 0.766. The van der Waals surface area contributed by atoms with E-state index < -0.39 is 30.3 Å². The van der Waals surface area contributed by atoms with Gasteiger partial charge in [-0.2, -0.15) is 0 Å². The van der Waals surface area contributed by atoms with Crippen LogP contribution >= 0.6 is 35.6 Å². The molecule has 0 aliphatic carbocycles. The predicted octanol–water partition coefficient (Wildman–Crippen LogP) is 2.47. The Balaban J connectivity index is 2.34. The Labute approximate surface area is 145 Å². The average Bonchev–Trinajstić information content (AvgIpc) is 2.73. The number of aliphatic carboxylic acids is 2. The van der Waals surface area contributed by atoms with Gasteiger partial charge in [-0.3, -0.25) is 14.5 Å². The van der Waals surface area contributed by atoms with Gasteiger partial charge in [0.05, 0.1) is 11.3 Å². The van der Waals surface area contributed by atoms with Gasteiger partial charge in [0.15, 0.2) is 0 Å². The number of rotatable bonds is 5. The lowest BCUT2D eigenvalue weighted by atomic mass is 10.1. The Morgan fingerprint density at radius 3 is 2.57 bits per heavy atom. The van der Waals surface area contributed by atoms with E-state index in [4.69, 9.17) is 28.9 Å². The predicted molar refractivity (Wildman–Crippen MR) is 90.1 cm³/mol. The van der Waals surface area contributed by atoms with E-state index in [2.05, 4.69) is 0 Å². The van der Waals surface area contributed by atoms with Crippen molar-refractivity contribution in [2.45, 2.75) is 12.5 Å². The minimum atomic E-state index is -1.54. The molecule has 1 aromatic rings. The van der Waals surface area contributed by atoms with Gasteiger partial charge >= 0.3 is 11.9 Å². The number of amides is 1. The Hall–Kier alpha value is -1.90. The monoisotopic (exact) mass is 371 g/mol. The van der Waals surface area contributed by atoms with Gasteiger partial charge in [0.2, 0.25) is 0 Å². The molecule has 0 bridgehead atoms. The van der Waals surface area contributed by atoms with Crippen LogP contribution in [0.4, 0.5) is 0 Å². The van der Waals surface area contributed by atoms with Crippen LogP contribution in [0, 0.1) is 0 Å². The third-order valence-corrected chi connectivity index (χ3v) is 4.65. The van der Waals surface area contributed by atoms with Gasteiger partial charge in [-0.05, 0) is 17.7 Å². The van der Waals surface area contributed by atoms with Crippen LogP contribution in [0.25, 0.3) is 6.08 Å². The van der Waals surface area contributed by atoms with E-state index >= 15 is 0 Å². The molecule has 23 heavy (non-hydrogen) atoms. The van der Waals surface area contributed by atoms with Crippen molar-refractivity contribution in [1.29, 1.82) is 0 Å². The minimum Gasteiger partial charge on any atom is -0.481 e. The molecule has 1 saturated heterocycles. The first-order valence-corrected chi connectivity index (χ1v) is 7.87. The van der Waals surface area contributed by atoms with E-state index in [1.165, 1.54) is 6.08 Å². The zero-order valence-corrected chi connectivity index (χ0v) is 13.8. The van der Waals surface area contributed by atoms with Crippen molar-refractivity contribution >= 4 is 63.8 Å². The Bertz CT molecular complexity index is 734. The van der Waals surface area contributed by atoms with E-state index in [1.54, 1.807) is 24.3 Å². The number of benzene rings is 1. The van der Waals surface area contributed by atoms with Crippen LogP contribution in [-0.2, 0) is 14.4 Å². The minimum absolute atomic E-state index is 0.00181. The fraction of sp³-hybridized carbons (Fsp3) is 0.143. The molecular weight excluding hydrogens is 362 g/mol. The van der Waals surface area contributed by atoms with E-state index in [-0.39, 0.29) is 9.23 Å². The second kappa shape index (κ2) is 7.12. The number of hydrogen-bond donors (Lipinski definition) is 2. The third kappa shape index (κ3) is 3.90. The van der Waals surface area contributed by atoms with Gasteiger partial charge in [-0.25, -0.2) is 4.79 Å². The van der Waals surface area contributed by atoms with Gasteiger partial charge in [-0.1, -0.05) is 53.8 Å². The molecule has 0 aromatic heterocycles. The maximum absolute atomic E-state index is 12.4. The first-order chi connectivity index (χ1) is 10.8. The number of thioether (sulfide) groups is 1. The van der Waals surface area contributed by atoms with Crippen molar-refractivity contribution in [3.05, 3.63) is 39.8 Å². The zero-order chi connectivity index (χ0) is 17.1. The van der Waals surface area contributed by atoms with E-state index in [9.17, 15) is 19.5 Å². The van der Waals surface area contributed by atoms with Crippen LogP contribution in [0.15, 0.2) is 29.2 Å². The molecule has 1 amide bonds. The topological polar surface area (TPSA) is 94.9 Å². The Morgan fingerprint density at radius 1 is 1.35 bits per heavy atom. The number of thiocarbonyl (C=S) groups is 1. The molecular formula is C14H10ClNO5S2. The third-order valence-electron chi connectivity index (χ3n) is 2.98. The summed E-state index contributed by atoms with van der Waals surface area (Å²) in [6, 6.07) is 5.28. The molecule has 120 valence electrons. The number of carbonyl (C=O) groups is 3. The lowest BCUT2D eigenvalue weighted by Gasteiger charge is -2.21. The molecule has 1 aliphatic heterocycles. The normalized spacial score (nSPS) is 17.6. The second-order valence-electron chi connectivity index (χ2n) is 4.53. The number of carboxylic acid groups (broad SMARTS) is 2. The van der Waals surface area contributed by atoms with E-state index in [0.29, 0.717) is 10.6 Å². The first kappa shape index (κ1) is 17.5. The SMILES string of the molecule is O=C(O)C[C@H](C(=O)O)N1C(=O)/C(=C\c2ccccc2Cl)SC1=S. The molecule has 9 heteroatoms. The summed E-state index contributed by atoms with van der Waals surface area (Å²) in [4.78, 5) is 35.5. The summed E-state index contributed by atoms with van der Waals surface area (Å²) in [5, 5.41) is 18.4. The summed E-state index contributed by atoms with van der Waals surface area (Å²) in [5.74, 6) is -3.40. The summed E-state index contributed by atoms with van der Waals surface area (Å²) in [5.41, 5.74) is 0.583. The average molecular weight is 372 g/mol. The van der Waals surface area contributed by atoms with Crippen LogP contribution in [0.2, 0.25) is 5.02 Å². The molecule has 2 N–H and O–H groups in total. The van der Waals surface area contributed by atoms with Crippen LogP contribution in [-0.4, -0.2) is 43.3 Å². The van der Waals surface area contributed by atoms with Crippen molar-refractivity contribution in [2.24, 2.45) is 0 Å². The van der Waals surface area contributed by atoms with Crippen molar-refractivity contribution in [2.75, 3.05) is 0 Å². The molecule has 0 radical (unpaired) electrons. The van der Waals surface area contributed by atoms with Crippen molar-refractivity contribution in [3.8, 4) is 0 Å². The molecule has 0 unspecified atom stereocenters. The summed E-state index contributed by atoms with van der Waals surface area (Å²) in [6.45, 7) is 0. The Morgan fingerprint density at radius 2 is 2.00 bits per heavy atom. The number of carbonyl (C=O) groups excluding carboxylic acids is 1. The van der Waals surface area contributed by atoms with Crippen LogP contribution in [0.1, 0.15) is 12.0 Å². The maximum Gasteiger partial charge on any atom is 0.327 e. The first-order valence-electron chi connectivity index (χ1n) is 6.27. The molecule has 6 nitrogen and oxygen atoms in total. The number of nitrogens with zero attached hydrogens (tertiary/aromatic N) is 1. The molecule has 0 saturated carbocycles. The highest BCUT2D eigenvalue weighted by Crippen LogP contribution is 2.35. The smallest absolute Gasteiger partial charge is 0.327 e. The molecule has 1 heterocycles. The van der Waals surface area contributed by atoms with Crippen molar-refractivity contribution < 1.29 is 24.6 Å². The maximum atomic E-state index is 12.4. The summed E-state index contributed by atoms with van der Waals surface area (Å²) < 4.78 is 0.00181. The second-order valence-corrected chi connectivity index (χ2v) is 6.61. The summed E-state index contributed by atoms with van der Waals surface area (Å²) in [7, 11) is 0. The fourth-order valence-electron chi connectivity index (χ4n) is 1.94. The standard InChI is InChI=1S/C14H10ClNO5S2/c15-8-4-2-1-3-7(8)5-10-12(19)16(14(22)23-10)9(13(20)21)6-11(17)18/h1-5,9H,6H2,(H,17,18)(H,20,21)/b10-5+/t9-/m1/s1. The highest BCUT2D eigenvalue weighted by molar-refractivity contribution is 8.26. The molecule has 2 rings (SSSR count). The van der Waals surface area contributed by atoms with Gasteiger partial charge in [-0.15, -0.1) is 0 Å². The number of halogens is 1. The van der Waals surface area contributed by atoms with E-state index in [0.717, 1.165) is 16.7 Å². The molecule has 1 atom stereocenters. The Kier molecular flexibility index (Phi) is 5.40.